The summed E-state index contributed by atoms with van der Waals surface area (Å²) in [5.41, 5.74) is -2.74. The number of hydrogen-bond acceptors (Lipinski definition) is 4. The Hall–Kier alpha value is -2.51. The van der Waals surface area contributed by atoms with Crippen molar-refractivity contribution in [2.24, 2.45) is 0 Å². The number of carboxylic acids is 1. The first-order valence-corrected chi connectivity index (χ1v) is 11.8. The molecule has 3 rings (SSSR count). The van der Waals surface area contributed by atoms with Crippen LogP contribution < -0.4 is 4.74 Å². The van der Waals surface area contributed by atoms with Crippen LogP contribution in [-0.2, 0) is 33.6 Å². The predicted molar refractivity (Wildman–Crippen MR) is 112 cm³/mol. The molecule has 0 aromatic heterocycles. The summed E-state index contributed by atoms with van der Waals surface area (Å²) in [6, 6.07) is 1.92. The summed E-state index contributed by atoms with van der Waals surface area (Å²) >= 11 is 6.09. The summed E-state index contributed by atoms with van der Waals surface area (Å²) in [6.45, 7) is -0.698. The van der Waals surface area contributed by atoms with Crippen molar-refractivity contribution in [3.05, 3.63) is 57.6 Å². The Morgan fingerprint density at radius 2 is 1.66 bits per heavy atom. The second-order valence-electron chi connectivity index (χ2n) is 7.82. The summed E-state index contributed by atoms with van der Waals surface area (Å²) in [5, 5.41) is 8.96. The van der Waals surface area contributed by atoms with Gasteiger partial charge in [-0.3, -0.25) is 0 Å². The third kappa shape index (κ3) is 5.84. The van der Waals surface area contributed by atoms with E-state index in [2.05, 4.69) is 0 Å². The molecule has 0 spiro atoms. The molecule has 1 aliphatic carbocycles. The van der Waals surface area contributed by atoms with E-state index in [1.165, 1.54) is 12.1 Å². The lowest BCUT2D eigenvalue weighted by Crippen LogP contribution is -2.34. The maximum Gasteiger partial charge on any atom is 0.416 e. The van der Waals surface area contributed by atoms with E-state index in [1.807, 2.05) is 0 Å². The fraction of sp³-hybridized carbons (Fsp3) is 0.381. The van der Waals surface area contributed by atoms with Crippen LogP contribution in [0.1, 0.15) is 41.1 Å². The Morgan fingerprint density at radius 1 is 1.09 bits per heavy atom. The van der Waals surface area contributed by atoms with Crippen molar-refractivity contribution < 1.29 is 49.4 Å². The Labute approximate surface area is 201 Å². The van der Waals surface area contributed by atoms with Gasteiger partial charge < -0.3 is 9.84 Å². The highest BCUT2D eigenvalue weighted by Gasteiger charge is 2.40. The summed E-state index contributed by atoms with van der Waals surface area (Å²) in [7, 11) is -3.80. The molecule has 1 atom stereocenters. The molecule has 192 valence electrons. The van der Waals surface area contributed by atoms with Crippen molar-refractivity contribution in [3.63, 3.8) is 0 Å². The monoisotopic (exact) mass is 545 g/mol. The molecule has 0 heterocycles. The number of aliphatic carboxylic acids is 1. The van der Waals surface area contributed by atoms with Crippen LogP contribution in [0.3, 0.4) is 0 Å². The summed E-state index contributed by atoms with van der Waals surface area (Å²) in [6.07, 6.45) is -9.49. The van der Waals surface area contributed by atoms with E-state index in [-0.39, 0.29) is 35.4 Å². The Bertz CT molecular complexity index is 1210. The van der Waals surface area contributed by atoms with Crippen LogP contribution in [0.4, 0.5) is 26.3 Å². The van der Waals surface area contributed by atoms with Gasteiger partial charge >= 0.3 is 18.3 Å². The smallest absolute Gasteiger partial charge is 0.416 e. The SMILES string of the molecule is CN([C@@H]1CCCc2c(OCC(=O)O)cc(Cl)cc21)S(=O)(=O)c1cc(C(F)(F)F)cc(C(F)(F)F)c1. The van der Waals surface area contributed by atoms with E-state index in [9.17, 15) is 39.6 Å². The fourth-order valence-electron chi connectivity index (χ4n) is 3.88. The zero-order chi connectivity index (χ0) is 26.3. The number of sulfonamides is 1. The minimum atomic E-state index is -5.22. The molecule has 14 heteroatoms. The molecule has 0 saturated heterocycles. The van der Waals surface area contributed by atoms with E-state index in [4.69, 9.17) is 21.4 Å². The predicted octanol–water partition coefficient (Wildman–Crippen LogP) is 5.54. The molecule has 35 heavy (non-hydrogen) atoms. The highest BCUT2D eigenvalue weighted by atomic mass is 35.5. The molecule has 6 nitrogen and oxygen atoms in total. The van der Waals surface area contributed by atoms with Crippen molar-refractivity contribution in [1.82, 2.24) is 4.31 Å². The third-order valence-corrected chi connectivity index (χ3v) is 7.56. The minimum Gasteiger partial charge on any atom is -0.482 e. The first kappa shape index (κ1) is 27.1. The molecule has 0 aliphatic heterocycles. The van der Waals surface area contributed by atoms with E-state index in [0.29, 0.717) is 28.3 Å². The second-order valence-corrected chi connectivity index (χ2v) is 10.3. The van der Waals surface area contributed by atoms with Crippen LogP contribution >= 0.6 is 11.6 Å². The highest BCUT2D eigenvalue weighted by molar-refractivity contribution is 7.89. The van der Waals surface area contributed by atoms with E-state index in [1.54, 1.807) is 0 Å². The van der Waals surface area contributed by atoms with Gasteiger partial charge in [0.15, 0.2) is 6.61 Å². The average molecular weight is 546 g/mol. The van der Waals surface area contributed by atoms with Gasteiger partial charge in [-0.1, -0.05) is 11.6 Å². The Kier molecular flexibility index (Phi) is 7.36. The Balaban J connectivity index is 2.09. The number of hydrogen-bond donors (Lipinski definition) is 1. The van der Waals surface area contributed by atoms with Crippen LogP contribution in [0.5, 0.6) is 5.75 Å². The molecule has 0 radical (unpaired) electrons. The molecular formula is C21H18ClF6NO5S. The standard InChI is InChI=1S/C21H18ClF6NO5S/c1-29(17-4-2-3-15-16(17)8-13(22)9-18(15)34-10-19(30)31)35(32,33)14-6-11(20(23,24)25)5-12(7-14)21(26,27)28/h5-9,17H,2-4,10H2,1H3,(H,30,31)/t17-/m1/s1. The van der Waals surface area contributed by atoms with Gasteiger partial charge in [-0.15, -0.1) is 0 Å². The number of nitrogens with zero attached hydrogens (tertiary/aromatic N) is 1. The van der Waals surface area contributed by atoms with Gasteiger partial charge in [0.05, 0.1) is 22.1 Å². The molecular weight excluding hydrogens is 528 g/mol. The van der Waals surface area contributed by atoms with E-state index in [0.717, 1.165) is 7.05 Å². The molecule has 0 amide bonds. The van der Waals surface area contributed by atoms with Gasteiger partial charge in [0.2, 0.25) is 10.0 Å². The largest absolute Gasteiger partial charge is 0.482 e. The maximum atomic E-state index is 13.2. The topological polar surface area (TPSA) is 83.9 Å². The Morgan fingerprint density at radius 3 is 2.17 bits per heavy atom. The van der Waals surface area contributed by atoms with Crippen LogP contribution in [0, 0.1) is 0 Å². The van der Waals surface area contributed by atoms with Crippen molar-refractivity contribution >= 4 is 27.6 Å². The van der Waals surface area contributed by atoms with E-state index < -0.39 is 57.0 Å². The second kappa shape index (κ2) is 9.51. The maximum absolute atomic E-state index is 13.2. The summed E-state index contributed by atoms with van der Waals surface area (Å²) in [5.74, 6) is -1.17. The van der Waals surface area contributed by atoms with E-state index >= 15 is 0 Å². The summed E-state index contributed by atoms with van der Waals surface area (Å²) < 4.78 is 112. The molecule has 0 bridgehead atoms. The zero-order valence-electron chi connectivity index (χ0n) is 17.9. The van der Waals surface area contributed by atoms with Gasteiger partial charge in [-0.2, -0.15) is 30.6 Å². The van der Waals surface area contributed by atoms with Crippen LogP contribution in [0.2, 0.25) is 5.02 Å². The van der Waals surface area contributed by atoms with Crippen molar-refractivity contribution in [2.75, 3.05) is 13.7 Å². The number of carboxylic acid groups (broad SMARTS) is 1. The van der Waals surface area contributed by atoms with Crippen LogP contribution in [-0.4, -0.2) is 37.5 Å². The first-order valence-electron chi connectivity index (χ1n) is 9.96. The zero-order valence-corrected chi connectivity index (χ0v) is 19.4. The number of fused-ring (bicyclic) bond motifs is 1. The van der Waals surface area contributed by atoms with Crippen molar-refractivity contribution in [3.8, 4) is 5.75 Å². The van der Waals surface area contributed by atoms with Crippen LogP contribution in [0.25, 0.3) is 0 Å². The number of rotatable bonds is 6. The van der Waals surface area contributed by atoms with Crippen molar-refractivity contribution in [1.29, 1.82) is 0 Å². The summed E-state index contributed by atoms with van der Waals surface area (Å²) in [4.78, 5) is 9.71. The lowest BCUT2D eigenvalue weighted by atomic mass is 9.87. The quantitative estimate of drug-likeness (QED) is 0.482. The normalized spacial score (nSPS) is 16.8. The highest BCUT2D eigenvalue weighted by Crippen LogP contribution is 2.43. The molecule has 1 aliphatic rings. The van der Waals surface area contributed by atoms with Gasteiger partial charge in [0.25, 0.3) is 0 Å². The molecule has 2 aromatic rings. The molecule has 2 aromatic carbocycles. The van der Waals surface area contributed by atoms with Gasteiger partial charge in [-0.05, 0) is 60.7 Å². The molecule has 0 unspecified atom stereocenters. The fourth-order valence-corrected chi connectivity index (χ4v) is 5.53. The minimum absolute atomic E-state index is 0.0836. The van der Waals surface area contributed by atoms with Gasteiger partial charge in [0, 0.05) is 12.1 Å². The number of benzene rings is 2. The number of alkyl halides is 6. The third-order valence-electron chi connectivity index (χ3n) is 5.50. The van der Waals surface area contributed by atoms with Crippen molar-refractivity contribution in [2.45, 2.75) is 42.6 Å². The number of halogens is 7. The van der Waals surface area contributed by atoms with Gasteiger partial charge in [-0.25, -0.2) is 13.2 Å². The number of ether oxygens (including phenoxy) is 1. The lowest BCUT2D eigenvalue weighted by Gasteiger charge is -2.33. The average Bonchev–Trinajstić information content (AvgIpc) is 2.74. The van der Waals surface area contributed by atoms with Gasteiger partial charge in [0.1, 0.15) is 5.75 Å². The number of carbonyl (C=O) groups is 1. The molecule has 0 fully saturated rings. The molecule has 1 N–H and O–H groups in total. The molecule has 0 saturated carbocycles. The van der Waals surface area contributed by atoms with Crippen LogP contribution in [0.15, 0.2) is 35.2 Å². The first-order chi connectivity index (χ1) is 16.0. The lowest BCUT2D eigenvalue weighted by molar-refractivity contribution is -0.143.